The third-order valence-electron chi connectivity index (χ3n) is 1.98. The van der Waals surface area contributed by atoms with E-state index in [0.29, 0.717) is 6.04 Å². The zero-order valence-electron chi connectivity index (χ0n) is 8.43. The highest BCUT2D eigenvalue weighted by atomic mass is 14.9. The van der Waals surface area contributed by atoms with Gasteiger partial charge in [0.2, 0.25) is 0 Å². The van der Waals surface area contributed by atoms with Crippen LogP contribution in [0.4, 0.5) is 0 Å². The highest BCUT2D eigenvalue weighted by Crippen LogP contribution is 2.00. The molecule has 0 radical (unpaired) electrons. The Hall–Kier alpha value is -0.550. The Labute approximate surface area is 76.0 Å². The molecule has 0 aliphatic rings. The Kier molecular flexibility index (Phi) is 6.79. The fraction of sp³-hybridized carbons (Fsp3) is 0.900. The Bertz CT molecular complexity index is 137. The third-order valence-corrected chi connectivity index (χ3v) is 1.98. The molecule has 0 aromatic carbocycles. The smallest absolute Gasteiger partial charge is 0.0666 e. The van der Waals surface area contributed by atoms with Crippen molar-refractivity contribution < 1.29 is 0 Å². The van der Waals surface area contributed by atoms with Crippen molar-refractivity contribution in [3.63, 3.8) is 0 Å². The van der Waals surface area contributed by atoms with Gasteiger partial charge in [-0.25, -0.2) is 0 Å². The van der Waals surface area contributed by atoms with Gasteiger partial charge in [0.05, 0.1) is 12.0 Å². The molecule has 0 aliphatic carbocycles. The maximum Gasteiger partial charge on any atom is 0.0666 e. The number of hydrogen-bond donors (Lipinski definition) is 1. The molecule has 2 heteroatoms. The quantitative estimate of drug-likeness (QED) is 0.660. The monoisotopic (exact) mass is 168 g/mol. The van der Waals surface area contributed by atoms with Crippen LogP contribution in [0.25, 0.3) is 0 Å². The third kappa shape index (κ3) is 6.18. The fourth-order valence-electron chi connectivity index (χ4n) is 1.04. The van der Waals surface area contributed by atoms with Gasteiger partial charge < -0.3 is 5.32 Å². The van der Waals surface area contributed by atoms with Gasteiger partial charge in [-0.1, -0.05) is 19.8 Å². The van der Waals surface area contributed by atoms with E-state index in [1.165, 1.54) is 19.3 Å². The van der Waals surface area contributed by atoms with Gasteiger partial charge in [0, 0.05) is 12.6 Å². The number of hydrogen-bond acceptors (Lipinski definition) is 2. The van der Waals surface area contributed by atoms with Gasteiger partial charge in [-0.15, -0.1) is 0 Å². The summed E-state index contributed by atoms with van der Waals surface area (Å²) in [6.07, 6.45) is 3.74. The topological polar surface area (TPSA) is 35.8 Å². The standard InChI is InChI=1S/C10H20N2/c1-4-5-6-10(3)12-8-9(2)7-11/h9-10,12H,4-6,8H2,1-3H3. The number of rotatable bonds is 6. The minimum atomic E-state index is 0.133. The molecule has 0 spiro atoms. The highest BCUT2D eigenvalue weighted by Gasteiger charge is 2.03. The summed E-state index contributed by atoms with van der Waals surface area (Å²) in [6.45, 7) is 7.14. The van der Waals surface area contributed by atoms with Crippen molar-refractivity contribution in [1.29, 1.82) is 5.26 Å². The average molecular weight is 168 g/mol. The van der Waals surface area contributed by atoms with Crippen molar-refractivity contribution >= 4 is 0 Å². The zero-order chi connectivity index (χ0) is 9.40. The van der Waals surface area contributed by atoms with E-state index in [1.807, 2.05) is 6.92 Å². The molecular weight excluding hydrogens is 148 g/mol. The van der Waals surface area contributed by atoms with Crippen LogP contribution in [-0.2, 0) is 0 Å². The summed E-state index contributed by atoms with van der Waals surface area (Å²) in [5.41, 5.74) is 0. The molecule has 0 bridgehead atoms. The van der Waals surface area contributed by atoms with Gasteiger partial charge in [-0.2, -0.15) is 5.26 Å². The Morgan fingerprint density at radius 1 is 1.42 bits per heavy atom. The maximum atomic E-state index is 8.53. The van der Waals surface area contributed by atoms with E-state index in [0.717, 1.165) is 6.54 Å². The second kappa shape index (κ2) is 7.12. The molecule has 2 nitrogen and oxygen atoms in total. The first-order chi connectivity index (χ1) is 5.70. The lowest BCUT2D eigenvalue weighted by molar-refractivity contribution is 0.472. The summed E-state index contributed by atoms with van der Waals surface area (Å²) in [6, 6.07) is 2.77. The van der Waals surface area contributed by atoms with Gasteiger partial charge >= 0.3 is 0 Å². The molecule has 0 aliphatic heterocycles. The lowest BCUT2D eigenvalue weighted by Crippen LogP contribution is -2.29. The van der Waals surface area contributed by atoms with Crippen LogP contribution in [0.3, 0.4) is 0 Å². The molecule has 12 heavy (non-hydrogen) atoms. The lowest BCUT2D eigenvalue weighted by atomic mass is 10.1. The molecule has 0 aromatic rings. The van der Waals surface area contributed by atoms with Crippen LogP contribution in [0.15, 0.2) is 0 Å². The second-order valence-electron chi connectivity index (χ2n) is 3.48. The number of nitrogens with zero attached hydrogens (tertiary/aromatic N) is 1. The maximum absolute atomic E-state index is 8.53. The van der Waals surface area contributed by atoms with Gasteiger partial charge in [-0.3, -0.25) is 0 Å². The Morgan fingerprint density at radius 3 is 2.58 bits per heavy atom. The molecular formula is C10H20N2. The summed E-state index contributed by atoms with van der Waals surface area (Å²) in [5, 5.41) is 11.9. The van der Waals surface area contributed by atoms with Crippen molar-refractivity contribution in [1.82, 2.24) is 5.32 Å². The molecule has 2 unspecified atom stereocenters. The van der Waals surface area contributed by atoms with Crippen molar-refractivity contribution in [2.45, 2.75) is 46.1 Å². The molecule has 70 valence electrons. The van der Waals surface area contributed by atoms with Crippen LogP contribution >= 0.6 is 0 Å². The summed E-state index contributed by atoms with van der Waals surface area (Å²) in [7, 11) is 0. The van der Waals surface area contributed by atoms with Crippen LogP contribution in [0.2, 0.25) is 0 Å². The molecule has 0 amide bonds. The molecule has 1 N–H and O–H groups in total. The second-order valence-corrected chi connectivity index (χ2v) is 3.48. The number of nitrogens with one attached hydrogen (secondary N) is 1. The van der Waals surface area contributed by atoms with Crippen molar-refractivity contribution in [3.05, 3.63) is 0 Å². The van der Waals surface area contributed by atoms with E-state index in [1.54, 1.807) is 0 Å². The normalized spacial score (nSPS) is 15.2. The van der Waals surface area contributed by atoms with Crippen molar-refractivity contribution in [2.75, 3.05) is 6.54 Å². The number of nitriles is 1. The predicted molar refractivity (Wildman–Crippen MR) is 51.8 cm³/mol. The van der Waals surface area contributed by atoms with Gasteiger partial charge in [-0.05, 0) is 20.3 Å². The van der Waals surface area contributed by atoms with E-state index >= 15 is 0 Å². The summed E-state index contributed by atoms with van der Waals surface area (Å²) in [5.74, 6) is 0.133. The summed E-state index contributed by atoms with van der Waals surface area (Å²) >= 11 is 0. The first-order valence-corrected chi connectivity index (χ1v) is 4.83. The summed E-state index contributed by atoms with van der Waals surface area (Å²) < 4.78 is 0. The average Bonchev–Trinajstić information content (AvgIpc) is 2.10. The minimum absolute atomic E-state index is 0.133. The van der Waals surface area contributed by atoms with Crippen LogP contribution in [0.5, 0.6) is 0 Å². The van der Waals surface area contributed by atoms with Gasteiger partial charge in [0.15, 0.2) is 0 Å². The largest absolute Gasteiger partial charge is 0.313 e. The number of unbranched alkanes of at least 4 members (excludes halogenated alkanes) is 1. The molecule has 0 aromatic heterocycles. The minimum Gasteiger partial charge on any atom is -0.313 e. The van der Waals surface area contributed by atoms with Crippen molar-refractivity contribution in [3.8, 4) is 6.07 Å². The van der Waals surface area contributed by atoms with Crippen LogP contribution in [-0.4, -0.2) is 12.6 Å². The van der Waals surface area contributed by atoms with E-state index in [4.69, 9.17) is 5.26 Å². The Morgan fingerprint density at radius 2 is 2.08 bits per heavy atom. The van der Waals surface area contributed by atoms with Crippen LogP contribution in [0.1, 0.15) is 40.0 Å². The molecule has 0 rings (SSSR count). The van der Waals surface area contributed by atoms with Crippen molar-refractivity contribution in [2.24, 2.45) is 5.92 Å². The fourth-order valence-corrected chi connectivity index (χ4v) is 1.04. The van der Waals surface area contributed by atoms with Crippen LogP contribution < -0.4 is 5.32 Å². The van der Waals surface area contributed by atoms with E-state index in [9.17, 15) is 0 Å². The molecule has 2 atom stereocenters. The first-order valence-electron chi connectivity index (χ1n) is 4.83. The zero-order valence-corrected chi connectivity index (χ0v) is 8.43. The van der Waals surface area contributed by atoms with Gasteiger partial charge in [0.1, 0.15) is 0 Å². The Balaban J connectivity index is 3.31. The molecule has 0 fully saturated rings. The van der Waals surface area contributed by atoms with Gasteiger partial charge in [0.25, 0.3) is 0 Å². The predicted octanol–water partition coefficient (Wildman–Crippen LogP) is 2.31. The SMILES string of the molecule is CCCCC(C)NCC(C)C#N. The van der Waals surface area contributed by atoms with E-state index in [2.05, 4.69) is 25.2 Å². The highest BCUT2D eigenvalue weighted by molar-refractivity contribution is 4.80. The lowest BCUT2D eigenvalue weighted by Gasteiger charge is -2.13. The summed E-state index contributed by atoms with van der Waals surface area (Å²) in [4.78, 5) is 0. The molecule has 0 heterocycles. The molecule has 0 saturated carbocycles. The van der Waals surface area contributed by atoms with E-state index in [-0.39, 0.29) is 5.92 Å². The first kappa shape index (κ1) is 11.4. The molecule has 0 saturated heterocycles. The van der Waals surface area contributed by atoms with E-state index < -0.39 is 0 Å². The van der Waals surface area contributed by atoms with Crippen LogP contribution in [0, 0.1) is 17.2 Å².